The Morgan fingerprint density at radius 3 is 2.24 bits per heavy atom. The number of halogens is 1. The van der Waals surface area contributed by atoms with Crippen LogP contribution < -0.4 is 5.32 Å². The van der Waals surface area contributed by atoms with Crippen molar-refractivity contribution in [3.63, 3.8) is 0 Å². The molecule has 0 saturated carbocycles. The number of hydrogen-bond donors (Lipinski definition) is 1. The van der Waals surface area contributed by atoms with Gasteiger partial charge in [-0.25, -0.2) is 0 Å². The summed E-state index contributed by atoms with van der Waals surface area (Å²) in [5.74, 6) is 1.39. The van der Waals surface area contributed by atoms with Gasteiger partial charge in [-0.1, -0.05) is 73.1 Å². The molecule has 0 aliphatic carbocycles. The first-order valence-electron chi connectivity index (χ1n) is 8.47. The molecule has 1 N–H and O–H groups in total. The normalized spacial score (nSPS) is 12.7. The van der Waals surface area contributed by atoms with Crippen molar-refractivity contribution in [3.8, 4) is 0 Å². The van der Waals surface area contributed by atoms with E-state index in [9.17, 15) is 4.79 Å². The monoisotopic (exact) mass is 419 g/mol. The van der Waals surface area contributed by atoms with E-state index in [1.54, 1.807) is 11.8 Å². The highest BCUT2D eigenvalue weighted by molar-refractivity contribution is 9.10. The lowest BCUT2D eigenvalue weighted by Crippen LogP contribution is -2.28. The molecular weight excluding hydrogens is 394 g/mol. The number of rotatable bonds is 6. The van der Waals surface area contributed by atoms with Gasteiger partial charge in [-0.3, -0.25) is 4.79 Å². The Labute approximate surface area is 163 Å². The van der Waals surface area contributed by atoms with Crippen LogP contribution in [0.4, 0.5) is 0 Å². The van der Waals surface area contributed by atoms with E-state index in [0.717, 1.165) is 15.8 Å². The lowest BCUT2D eigenvalue weighted by atomic mass is 9.86. The highest BCUT2D eigenvalue weighted by Gasteiger charge is 2.15. The molecule has 25 heavy (non-hydrogen) atoms. The number of nitrogens with one attached hydrogen (secondary N) is 1. The number of amides is 1. The number of carbonyl (C=O) groups is 1. The second-order valence-electron chi connectivity index (χ2n) is 7.28. The zero-order valence-electron chi connectivity index (χ0n) is 15.3. The molecule has 0 spiro atoms. The molecule has 0 aromatic heterocycles. The van der Waals surface area contributed by atoms with Crippen LogP contribution in [0.15, 0.2) is 53.0 Å². The molecule has 2 rings (SSSR count). The third kappa shape index (κ3) is 6.52. The molecule has 0 saturated heterocycles. The summed E-state index contributed by atoms with van der Waals surface area (Å²) in [6.07, 6.45) is 0. The predicted molar refractivity (Wildman–Crippen MR) is 112 cm³/mol. The molecule has 0 aliphatic rings. The second-order valence-corrected chi connectivity index (χ2v) is 9.18. The average Bonchev–Trinajstić information content (AvgIpc) is 2.56. The van der Waals surface area contributed by atoms with Crippen molar-refractivity contribution in [2.75, 3.05) is 5.75 Å². The first-order chi connectivity index (χ1) is 11.8. The Bertz CT molecular complexity index is 689. The first kappa shape index (κ1) is 20.1. The van der Waals surface area contributed by atoms with Gasteiger partial charge in [-0.2, -0.15) is 0 Å². The largest absolute Gasteiger partial charge is 0.349 e. The fourth-order valence-electron chi connectivity index (χ4n) is 2.48. The summed E-state index contributed by atoms with van der Waals surface area (Å²) in [6, 6.07) is 16.8. The van der Waals surface area contributed by atoms with Gasteiger partial charge in [0.25, 0.3) is 0 Å². The summed E-state index contributed by atoms with van der Waals surface area (Å²) in [5, 5.41) is 3.08. The van der Waals surface area contributed by atoms with E-state index in [0.29, 0.717) is 5.75 Å². The summed E-state index contributed by atoms with van der Waals surface area (Å²) < 4.78 is 1.07. The molecule has 1 atom stereocenters. The third-order valence-corrected chi connectivity index (χ3v) is 5.60. The lowest BCUT2D eigenvalue weighted by molar-refractivity contribution is -0.119. The van der Waals surface area contributed by atoms with Gasteiger partial charge in [0.15, 0.2) is 0 Å². The van der Waals surface area contributed by atoms with E-state index in [2.05, 4.69) is 78.4 Å². The van der Waals surface area contributed by atoms with Crippen LogP contribution in [0.25, 0.3) is 0 Å². The fourth-order valence-corrected chi connectivity index (χ4v) is 3.54. The molecule has 0 bridgehead atoms. The standard InChI is InChI=1S/C21H26BrNOS/c1-15(17-7-9-18(10-8-17)21(2,3)4)23-20(24)14-25-13-16-5-11-19(22)12-6-16/h5-12,15H,13-14H2,1-4H3,(H,23,24). The summed E-state index contributed by atoms with van der Waals surface area (Å²) in [6.45, 7) is 8.64. The molecule has 1 amide bonds. The Morgan fingerprint density at radius 1 is 1.08 bits per heavy atom. The van der Waals surface area contributed by atoms with Gasteiger partial charge in [-0.15, -0.1) is 11.8 Å². The van der Waals surface area contributed by atoms with E-state index in [1.807, 2.05) is 19.1 Å². The van der Waals surface area contributed by atoms with Gasteiger partial charge in [0.05, 0.1) is 11.8 Å². The Hall–Kier alpha value is -1.26. The molecule has 1 unspecified atom stereocenters. The van der Waals surface area contributed by atoms with Gasteiger partial charge in [-0.05, 0) is 41.2 Å². The minimum atomic E-state index is 0.0230. The number of benzene rings is 2. The molecule has 134 valence electrons. The van der Waals surface area contributed by atoms with E-state index in [-0.39, 0.29) is 17.4 Å². The van der Waals surface area contributed by atoms with Crippen LogP contribution in [0.2, 0.25) is 0 Å². The maximum atomic E-state index is 12.2. The van der Waals surface area contributed by atoms with Crippen LogP contribution in [-0.2, 0) is 16.0 Å². The van der Waals surface area contributed by atoms with Crippen LogP contribution in [0, 0.1) is 0 Å². The van der Waals surface area contributed by atoms with E-state index in [1.165, 1.54) is 11.1 Å². The third-order valence-electron chi connectivity index (χ3n) is 4.07. The van der Waals surface area contributed by atoms with Crippen LogP contribution >= 0.6 is 27.7 Å². The molecule has 0 radical (unpaired) electrons. The maximum Gasteiger partial charge on any atom is 0.230 e. The first-order valence-corrected chi connectivity index (χ1v) is 10.4. The van der Waals surface area contributed by atoms with Crippen LogP contribution in [-0.4, -0.2) is 11.7 Å². The Morgan fingerprint density at radius 2 is 1.68 bits per heavy atom. The van der Waals surface area contributed by atoms with Crippen molar-refractivity contribution in [2.24, 2.45) is 0 Å². The molecular formula is C21H26BrNOS. The predicted octanol–water partition coefficient (Wildman–Crippen LogP) is 5.86. The fraction of sp³-hybridized carbons (Fsp3) is 0.381. The van der Waals surface area contributed by atoms with Crippen molar-refractivity contribution < 1.29 is 4.79 Å². The van der Waals surface area contributed by atoms with Gasteiger partial charge in [0.1, 0.15) is 0 Å². The van der Waals surface area contributed by atoms with Crippen molar-refractivity contribution in [1.82, 2.24) is 5.32 Å². The van der Waals surface area contributed by atoms with Crippen molar-refractivity contribution in [3.05, 3.63) is 69.7 Å². The molecule has 2 aromatic rings. The smallest absolute Gasteiger partial charge is 0.230 e. The molecule has 0 aliphatic heterocycles. The molecule has 2 aromatic carbocycles. The van der Waals surface area contributed by atoms with Gasteiger partial charge in [0.2, 0.25) is 5.91 Å². The summed E-state index contributed by atoms with van der Waals surface area (Å²) in [5.41, 5.74) is 3.82. The zero-order valence-corrected chi connectivity index (χ0v) is 17.7. The van der Waals surface area contributed by atoms with Crippen LogP contribution in [0.1, 0.15) is 50.4 Å². The summed E-state index contributed by atoms with van der Waals surface area (Å²) >= 11 is 5.07. The highest BCUT2D eigenvalue weighted by atomic mass is 79.9. The number of thioether (sulfide) groups is 1. The second kappa shape index (κ2) is 8.91. The minimum absolute atomic E-state index is 0.0230. The van der Waals surface area contributed by atoms with E-state index in [4.69, 9.17) is 0 Å². The van der Waals surface area contributed by atoms with Gasteiger partial charge >= 0.3 is 0 Å². The van der Waals surface area contributed by atoms with Crippen molar-refractivity contribution in [2.45, 2.75) is 44.9 Å². The quantitative estimate of drug-likeness (QED) is 0.635. The zero-order chi connectivity index (χ0) is 18.4. The summed E-state index contributed by atoms with van der Waals surface area (Å²) in [4.78, 5) is 12.2. The Balaban J connectivity index is 1.80. The number of carbonyl (C=O) groups excluding carboxylic acids is 1. The van der Waals surface area contributed by atoms with Gasteiger partial charge in [0, 0.05) is 10.2 Å². The number of hydrogen-bond acceptors (Lipinski definition) is 2. The topological polar surface area (TPSA) is 29.1 Å². The minimum Gasteiger partial charge on any atom is -0.349 e. The molecule has 0 fully saturated rings. The lowest BCUT2D eigenvalue weighted by Gasteiger charge is -2.20. The highest BCUT2D eigenvalue weighted by Crippen LogP contribution is 2.24. The van der Waals surface area contributed by atoms with E-state index >= 15 is 0 Å². The molecule has 2 nitrogen and oxygen atoms in total. The molecule has 4 heteroatoms. The Kier molecular flexibility index (Phi) is 7.14. The van der Waals surface area contributed by atoms with Crippen LogP contribution in [0.3, 0.4) is 0 Å². The van der Waals surface area contributed by atoms with Crippen LogP contribution in [0.5, 0.6) is 0 Å². The van der Waals surface area contributed by atoms with Gasteiger partial charge < -0.3 is 5.32 Å². The van der Waals surface area contributed by atoms with Crippen molar-refractivity contribution >= 4 is 33.6 Å². The SMILES string of the molecule is CC(NC(=O)CSCc1ccc(Br)cc1)c1ccc(C(C)(C)C)cc1. The van der Waals surface area contributed by atoms with E-state index < -0.39 is 0 Å². The maximum absolute atomic E-state index is 12.2. The molecule has 0 heterocycles. The van der Waals surface area contributed by atoms with Crippen molar-refractivity contribution in [1.29, 1.82) is 0 Å². The average molecular weight is 420 g/mol. The summed E-state index contributed by atoms with van der Waals surface area (Å²) in [7, 11) is 0.